The van der Waals surface area contributed by atoms with Crippen molar-refractivity contribution in [3.63, 3.8) is 0 Å². The van der Waals surface area contributed by atoms with Crippen LogP contribution < -0.4 is 0 Å². The monoisotopic (exact) mass is 197 g/mol. The number of hydrogen-bond donors (Lipinski definition) is 6. The van der Waals surface area contributed by atoms with E-state index in [1.54, 1.807) is 0 Å². The van der Waals surface area contributed by atoms with Crippen LogP contribution >= 0.6 is 0 Å². The van der Waals surface area contributed by atoms with Gasteiger partial charge in [0.05, 0.1) is 7.98 Å². The van der Waals surface area contributed by atoms with E-state index in [4.69, 9.17) is 32.0 Å². The standard InChI is InChI=1S/C6H12O7/c7-1-2(8)3(9)4(10)5(11)6(12)13/h2-5,7-11H,1H2,(H,12,13)/t2-,3-,4+,5-/m1/s1/i5D. The van der Waals surface area contributed by atoms with E-state index < -0.39 is 37.0 Å². The molecule has 7 heteroatoms. The quantitative estimate of drug-likeness (QED) is 0.269. The number of carboxylic acid groups (broad SMARTS) is 1. The molecule has 0 spiro atoms. The number of aliphatic hydroxyl groups excluding tert-OH is 4. The summed E-state index contributed by atoms with van der Waals surface area (Å²) in [5.41, 5.74) is 0. The van der Waals surface area contributed by atoms with Crippen molar-refractivity contribution in [1.29, 1.82) is 0 Å². The van der Waals surface area contributed by atoms with Gasteiger partial charge in [-0.1, -0.05) is 0 Å². The van der Waals surface area contributed by atoms with Gasteiger partial charge in [0.1, 0.15) is 18.3 Å². The highest BCUT2D eigenvalue weighted by Gasteiger charge is 2.33. The van der Waals surface area contributed by atoms with Gasteiger partial charge in [-0.3, -0.25) is 0 Å². The topological polar surface area (TPSA) is 138 Å². The lowest BCUT2D eigenvalue weighted by Gasteiger charge is -2.23. The molecule has 0 unspecified atom stereocenters. The van der Waals surface area contributed by atoms with Gasteiger partial charge in [-0.05, 0) is 0 Å². The lowest BCUT2D eigenvalue weighted by molar-refractivity contribution is -0.164. The van der Waals surface area contributed by atoms with Gasteiger partial charge >= 0.3 is 5.97 Å². The molecule has 4 atom stereocenters. The third kappa shape index (κ3) is 3.25. The molecule has 7 nitrogen and oxygen atoms in total. The first kappa shape index (κ1) is 10.4. The largest absolute Gasteiger partial charge is 0.479 e. The number of carboxylic acids is 1. The maximum absolute atomic E-state index is 10.2. The van der Waals surface area contributed by atoms with E-state index in [1.165, 1.54) is 0 Å². The first-order valence-corrected chi connectivity index (χ1v) is 3.36. The summed E-state index contributed by atoms with van der Waals surface area (Å²) in [4.78, 5) is 10.2. The van der Waals surface area contributed by atoms with Crippen LogP contribution in [0.3, 0.4) is 0 Å². The van der Waals surface area contributed by atoms with Crippen LogP contribution in [0.25, 0.3) is 0 Å². The van der Waals surface area contributed by atoms with Crippen LogP contribution in [0.15, 0.2) is 0 Å². The minimum Gasteiger partial charge on any atom is -0.479 e. The van der Waals surface area contributed by atoms with Crippen molar-refractivity contribution in [3.8, 4) is 0 Å². The van der Waals surface area contributed by atoms with Crippen LogP contribution in [0.2, 0.25) is 0 Å². The molecule has 13 heavy (non-hydrogen) atoms. The smallest absolute Gasteiger partial charge is 0.335 e. The Morgan fingerprint density at radius 2 is 1.69 bits per heavy atom. The Bertz CT molecular complexity index is 206. The van der Waals surface area contributed by atoms with E-state index >= 15 is 0 Å². The highest BCUT2D eigenvalue weighted by Crippen LogP contribution is 2.04. The van der Waals surface area contributed by atoms with Gasteiger partial charge in [0.25, 0.3) is 0 Å². The maximum atomic E-state index is 10.2. The van der Waals surface area contributed by atoms with Gasteiger partial charge in [0, 0.05) is 0 Å². The second kappa shape index (κ2) is 5.10. The molecule has 0 rings (SSSR count). The van der Waals surface area contributed by atoms with E-state index in [2.05, 4.69) is 0 Å². The minimum atomic E-state index is -3.34. The normalized spacial score (nSPS) is 23.9. The van der Waals surface area contributed by atoms with Gasteiger partial charge < -0.3 is 30.6 Å². The zero-order valence-electron chi connectivity index (χ0n) is 7.53. The van der Waals surface area contributed by atoms with Crippen molar-refractivity contribution >= 4 is 5.97 Å². The van der Waals surface area contributed by atoms with Gasteiger partial charge in [-0.15, -0.1) is 0 Å². The number of carbonyl (C=O) groups is 1. The first-order chi connectivity index (χ1) is 6.25. The molecule has 0 fully saturated rings. The Morgan fingerprint density at radius 3 is 2.00 bits per heavy atom. The van der Waals surface area contributed by atoms with Crippen LogP contribution in [0.1, 0.15) is 1.37 Å². The molecule has 0 aromatic rings. The second-order valence-corrected chi connectivity index (χ2v) is 2.38. The fourth-order valence-corrected chi connectivity index (χ4v) is 0.607. The van der Waals surface area contributed by atoms with Crippen molar-refractivity contribution in [2.24, 2.45) is 0 Å². The Morgan fingerprint density at radius 1 is 1.23 bits per heavy atom. The van der Waals surface area contributed by atoms with Crippen LogP contribution in [0.4, 0.5) is 0 Å². The van der Waals surface area contributed by atoms with Gasteiger partial charge in [0.15, 0.2) is 6.08 Å². The van der Waals surface area contributed by atoms with Gasteiger partial charge in [-0.2, -0.15) is 0 Å². The van der Waals surface area contributed by atoms with Crippen LogP contribution in [0.5, 0.6) is 0 Å². The zero-order valence-corrected chi connectivity index (χ0v) is 6.53. The maximum Gasteiger partial charge on any atom is 0.335 e. The molecule has 0 amide bonds. The van der Waals surface area contributed by atoms with Gasteiger partial charge in [-0.25, -0.2) is 4.79 Å². The number of hydrogen-bond acceptors (Lipinski definition) is 6. The van der Waals surface area contributed by atoms with Crippen molar-refractivity contribution in [3.05, 3.63) is 0 Å². The molecule has 0 saturated carbocycles. The summed E-state index contributed by atoms with van der Waals surface area (Å²) in [5.74, 6) is -2.07. The summed E-state index contributed by atoms with van der Waals surface area (Å²) in [6, 6.07) is 0. The molecule has 0 aliphatic heterocycles. The van der Waals surface area contributed by atoms with E-state index in [9.17, 15) is 4.79 Å². The lowest BCUT2D eigenvalue weighted by Crippen LogP contribution is -2.48. The summed E-state index contributed by atoms with van der Waals surface area (Å²) in [7, 11) is 0. The fraction of sp³-hybridized carbons (Fsp3) is 0.833. The first-order valence-electron chi connectivity index (χ1n) is 3.86. The highest BCUT2D eigenvalue weighted by molar-refractivity contribution is 5.72. The summed E-state index contributed by atoms with van der Waals surface area (Å²) in [6.07, 6.45) is -9.72. The SMILES string of the molecule is [2H][C@](O)(C(=O)O)[C@@H](O)[C@H](O)[C@H](O)CO. The third-order valence-electron chi connectivity index (χ3n) is 1.40. The van der Waals surface area contributed by atoms with Crippen LogP contribution in [0, 0.1) is 0 Å². The predicted molar refractivity (Wildman–Crippen MR) is 38.7 cm³/mol. The summed E-state index contributed by atoms with van der Waals surface area (Å²) in [5, 5.41) is 52.2. The predicted octanol–water partition coefficient (Wildman–Crippen LogP) is -3.49. The molecule has 0 aromatic carbocycles. The van der Waals surface area contributed by atoms with Gasteiger partial charge in [0.2, 0.25) is 0 Å². The summed E-state index contributed by atoms with van der Waals surface area (Å²) >= 11 is 0. The molecule has 6 N–H and O–H groups in total. The Balaban J connectivity index is 4.60. The molecule has 0 heterocycles. The second-order valence-electron chi connectivity index (χ2n) is 2.38. The van der Waals surface area contributed by atoms with E-state index in [1.807, 2.05) is 0 Å². The number of aliphatic carboxylic acids is 1. The third-order valence-corrected chi connectivity index (χ3v) is 1.40. The number of aliphatic hydroxyl groups is 5. The molecule has 78 valence electrons. The van der Waals surface area contributed by atoms with Crippen molar-refractivity contribution in [2.75, 3.05) is 6.61 Å². The van der Waals surface area contributed by atoms with E-state index in [0.717, 1.165) is 0 Å². The lowest BCUT2D eigenvalue weighted by atomic mass is 10.0. The molecular formula is C6H12O7. The molecule has 0 aliphatic rings. The Kier molecular flexibility index (Phi) is 4.06. The highest BCUT2D eigenvalue weighted by atomic mass is 16.4. The molecule has 0 aromatic heterocycles. The van der Waals surface area contributed by atoms with Crippen LogP contribution in [-0.2, 0) is 4.79 Å². The van der Waals surface area contributed by atoms with E-state index in [0.29, 0.717) is 0 Å². The molecule has 0 aliphatic carbocycles. The Hall–Kier alpha value is -0.730. The average Bonchev–Trinajstić information content (AvgIpc) is 2.13. The summed E-state index contributed by atoms with van der Waals surface area (Å²) < 4.78 is 6.74. The van der Waals surface area contributed by atoms with Crippen molar-refractivity contribution in [2.45, 2.75) is 24.4 Å². The zero-order chi connectivity index (χ0) is 11.5. The van der Waals surface area contributed by atoms with Crippen molar-refractivity contribution < 1.29 is 36.8 Å². The minimum absolute atomic E-state index is 0.937. The Labute approximate surface area is 74.9 Å². The van der Waals surface area contributed by atoms with Crippen LogP contribution in [-0.4, -0.2) is 67.6 Å². The van der Waals surface area contributed by atoms with Crippen molar-refractivity contribution in [1.82, 2.24) is 0 Å². The molecule has 0 saturated heterocycles. The molecule has 0 bridgehead atoms. The van der Waals surface area contributed by atoms with E-state index in [-0.39, 0.29) is 0 Å². The average molecular weight is 197 g/mol. The number of rotatable bonds is 5. The molecule has 0 radical (unpaired) electrons. The fourth-order valence-electron chi connectivity index (χ4n) is 0.607. The molecular weight excluding hydrogens is 184 g/mol. The summed E-state index contributed by atoms with van der Waals surface area (Å²) in [6.45, 7) is -0.937.